The molecular formula is C14H27N3O2. The largest absolute Gasteiger partial charge is 0.393 e. The number of piperidine rings is 1. The van der Waals surface area contributed by atoms with Crippen LogP contribution in [0.5, 0.6) is 0 Å². The lowest BCUT2D eigenvalue weighted by Gasteiger charge is -2.40. The molecule has 0 bridgehead atoms. The predicted molar refractivity (Wildman–Crippen MR) is 74.6 cm³/mol. The van der Waals surface area contributed by atoms with Gasteiger partial charge in [0.15, 0.2) is 0 Å². The summed E-state index contributed by atoms with van der Waals surface area (Å²) in [6.45, 7) is 4.83. The van der Waals surface area contributed by atoms with E-state index >= 15 is 0 Å². The molecule has 3 atom stereocenters. The van der Waals surface area contributed by atoms with E-state index in [9.17, 15) is 9.90 Å². The number of carbonyl (C=O) groups is 1. The van der Waals surface area contributed by atoms with E-state index < -0.39 is 0 Å². The first-order chi connectivity index (χ1) is 9.04. The van der Waals surface area contributed by atoms with Crippen molar-refractivity contribution < 1.29 is 9.90 Å². The highest BCUT2D eigenvalue weighted by Crippen LogP contribution is 2.26. The van der Waals surface area contributed by atoms with Crippen LogP contribution in [0.3, 0.4) is 0 Å². The molecule has 3 unspecified atom stereocenters. The molecule has 1 saturated heterocycles. The van der Waals surface area contributed by atoms with Crippen LogP contribution in [0.4, 0.5) is 0 Å². The van der Waals surface area contributed by atoms with Crippen LogP contribution in [0.25, 0.3) is 0 Å². The summed E-state index contributed by atoms with van der Waals surface area (Å²) in [5.74, 6) is 0.771. The first-order valence-corrected chi connectivity index (χ1v) is 7.46. The van der Waals surface area contributed by atoms with Crippen molar-refractivity contribution in [3.8, 4) is 0 Å². The van der Waals surface area contributed by atoms with Crippen LogP contribution in [0.1, 0.15) is 32.6 Å². The van der Waals surface area contributed by atoms with Crippen LogP contribution >= 0.6 is 0 Å². The Labute approximate surface area is 115 Å². The van der Waals surface area contributed by atoms with Crippen molar-refractivity contribution in [1.29, 1.82) is 0 Å². The summed E-state index contributed by atoms with van der Waals surface area (Å²) in [6.07, 6.45) is 4.69. The van der Waals surface area contributed by atoms with Crippen LogP contribution < -0.4 is 11.1 Å². The number of nitrogens with two attached hydrogens (primary N) is 1. The van der Waals surface area contributed by atoms with Crippen molar-refractivity contribution in [3.05, 3.63) is 0 Å². The maximum atomic E-state index is 11.1. The Kier molecular flexibility index (Phi) is 5.19. The van der Waals surface area contributed by atoms with Crippen LogP contribution in [-0.4, -0.2) is 54.2 Å². The van der Waals surface area contributed by atoms with Crippen molar-refractivity contribution in [1.82, 2.24) is 10.2 Å². The van der Waals surface area contributed by atoms with Crippen molar-refractivity contribution in [2.75, 3.05) is 26.2 Å². The number of rotatable bonds is 6. The second-order valence-electron chi connectivity index (χ2n) is 6.30. The molecule has 0 radical (unpaired) electrons. The molecule has 0 aromatic heterocycles. The van der Waals surface area contributed by atoms with Gasteiger partial charge in [-0.25, -0.2) is 0 Å². The highest BCUT2D eigenvalue weighted by Gasteiger charge is 2.30. The number of nitrogens with zero attached hydrogens (tertiary/aromatic N) is 1. The zero-order chi connectivity index (χ0) is 13.8. The SMILES string of the molecule is CC(O)C1CC(NCC2CCC2)CN(CC(N)=O)C1. The highest BCUT2D eigenvalue weighted by atomic mass is 16.3. The number of nitrogens with one attached hydrogen (secondary N) is 1. The van der Waals surface area contributed by atoms with E-state index in [-0.39, 0.29) is 17.9 Å². The zero-order valence-corrected chi connectivity index (χ0v) is 11.8. The second kappa shape index (κ2) is 6.68. The lowest BCUT2D eigenvalue weighted by molar-refractivity contribution is -0.120. The van der Waals surface area contributed by atoms with Gasteiger partial charge < -0.3 is 16.2 Å². The molecule has 2 fully saturated rings. The van der Waals surface area contributed by atoms with Crippen LogP contribution in [0.2, 0.25) is 0 Å². The Bertz CT molecular complexity index is 305. The number of aliphatic hydroxyl groups is 1. The van der Waals surface area contributed by atoms with Crippen LogP contribution in [0.15, 0.2) is 0 Å². The van der Waals surface area contributed by atoms with E-state index in [0.29, 0.717) is 12.6 Å². The predicted octanol–water partition coefficient (Wildman–Crippen LogP) is -0.0673. The van der Waals surface area contributed by atoms with E-state index in [4.69, 9.17) is 5.73 Å². The third kappa shape index (κ3) is 4.44. The fourth-order valence-electron chi connectivity index (χ4n) is 3.11. The lowest BCUT2D eigenvalue weighted by atomic mass is 9.84. The van der Waals surface area contributed by atoms with Gasteiger partial charge >= 0.3 is 0 Å². The summed E-state index contributed by atoms with van der Waals surface area (Å²) in [7, 11) is 0. The van der Waals surface area contributed by atoms with Gasteiger partial charge in [0, 0.05) is 19.1 Å². The molecule has 5 nitrogen and oxygen atoms in total. The second-order valence-corrected chi connectivity index (χ2v) is 6.30. The molecule has 2 rings (SSSR count). The maximum Gasteiger partial charge on any atom is 0.231 e. The van der Waals surface area contributed by atoms with Crippen molar-refractivity contribution in [2.45, 2.75) is 44.8 Å². The number of primary amides is 1. The smallest absolute Gasteiger partial charge is 0.231 e. The third-order valence-corrected chi connectivity index (χ3v) is 4.54. The van der Waals surface area contributed by atoms with Gasteiger partial charge in [-0.1, -0.05) is 6.42 Å². The first kappa shape index (κ1) is 14.8. The minimum absolute atomic E-state index is 0.229. The van der Waals surface area contributed by atoms with E-state index in [0.717, 1.165) is 32.0 Å². The normalized spacial score (nSPS) is 30.8. The number of amides is 1. The van der Waals surface area contributed by atoms with Crippen molar-refractivity contribution in [3.63, 3.8) is 0 Å². The van der Waals surface area contributed by atoms with Gasteiger partial charge in [-0.15, -0.1) is 0 Å². The quantitative estimate of drug-likeness (QED) is 0.631. The molecule has 4 N–H and O–H groups in total. The lowest BCUT2D eigenvalue weighted by Crippen LogP contribution is -2.54. The molecule has 1 aliphatic carbocycles. The van der Waals surface area contributed by atoms with Crippen molar-refractivity contribution >= 4 is 5.91 Å². The molecule has 2 aliphatic rings. The van der Waals surface area contributed by atoms with E-state index in [1.165, 1.54) is 19.3 Å². The molecule has 19 heavy (non-hydrogen) atoms. The maximum absolute atomic E-state index is 11.1. The van der Waals surface area contributed by atoms with Gasteiger partial charge in [-0.3, -0.25) is 9.69 Å². The number of aliphatic hydroxyl groups excluding tert-OH is 1. The summed E-state index contributed by atoms with van der Waals surface area (Å²) in [6, 6.07) is 0.369. The molecule has 1 amide bonds. The Balaban J connectivity index is 1.83. The van der Waals surface area contributed by atoms with Crippen molar-refractivity contribution in [2.24, 2.45) is 17.6 Å². The molecule has 110 valence electrons. The van der Waals surface area contributed by atoms with Crippen LogP contribution in [0, 0.1) is 11.8 Å². The average Bonchev–Trinajstić information content (AvgIpc) is 2.25. The molecule has 0 aromatic rings. The molecule has 5 heteroatoms. The van der Waals surface area contributed by atoms with E-state index in [2.05, 4.69) is 10.2 Å². The number of hydrogen-bond acceptors (Lipinski definition) is 4. The molecule has 1 saturated carbocycles. The van der Waals surface area contributed by atoms with Gasteiger partial charge in [0.25, 0.3) is 0 Å². The van der Waals surface area contributed by atoms with Gasteiger partial charge in [-0.05, 0) is 44.6 Å². The standard InChI is InChI=1S/C14H27N3O2/c1-10(18)12-5-13(16-6-11-3-2-4-11)8-17(7-12)9-14(15)19/h10-13,16,18H,2-9H2,1H3,(H2,15,19). The zero-order valence-electron chi connectivity index (χ0n) is 11.8. The summed E-state index contributed by atoms with van der Waals surface area (Å²) in [5.41, 5.74) is 5.28. The van der Waals surface area contributed by atoms with Gasteiger partial charge in [0.05, 0.1) is 12.6 Å². The van der Waals surface area contributed by atoms with Gasteiger partial charge in [-0.2, -0.15) is 0 Å². The number of carbonyl (C=O) groups excluding carboxylic acids is 1. The van der Waals surface area contributed by atoms with Gasteiger partial charge in [0.2, 0.25) is 5.91 Å². The fraction of sp³-hybridized carbons (Fsp3) is 0.929. The first-order valence-electron chi connectivity index (χ1n) is 7.46. The third-order valence-electron chi connectivity index (χ3n) is 4.54. The molecule has 0 aromatic carbocycles. The molecular weight excluding hydrogens is 242 g/mol. The average molecular weight is 269 g/mol. The Morgan fingerprint density at radius 2 is 2.21 bits per heavy atom. The Hall–Kier alpha value is -0.650. The fourth-order valence-corrected chi connectivity index (χ4v) is 3.11. The number of likely N-dealkylation sites (tertiary alicyclic amines) is 1. The number of hydrogen-bond donors (Lipinski definition) is 3. The topological polar surface area (TPSA) is 78.6 Å². The van der Waals surface area contributed by atoms with E-state index in [1.807, 2.05) is 6.92 Å². The Morgan fingerprint density at radius 1 is 1.47 bits per heavy atom. The summed E-state index contributed by atoms with van der Waals surface area (Å²) >= 11 is 0. The van der Waals surface area contributed by atoms with Crippen LogP contribution in [-0.2, 0) is 4.79 Å². The minimum atomic E-state index is -0.330. The summed E-state index contributed by atoms with van der Waals surface area (Å²) in [5, 5.41) is 13.4. The summed E-state index contributed by atoms with van der Waals surface area (Å²) in [4.78, 5) is 13.1. The molecule has 1 heterocycles. The van der Waals surface area contributed by atoms with Gasteiger partial charge in [0.1, 0.15) is 0 Å². The minimum Gasteiger partial charge on any atom is -0.393 e. The Morgan fingerprint density at radius 3 is 2.74 bits per heavy atom. The molecule has 0 spiro atoms. The van der Waals surface area contributed by atoms with E-state index in [1.54, 1.807) is 0 Å². The summed E-state index contributed by atoms with van der Waals surface area (Å²) < 4.78 is 0. The molecule has 1 aliphatic heterocycles. The monoisotopic (exact) mass is 269 g/mol. The highest BCUT2D eigenvalue weighted by molar-refractivity contribution is 5.75.